The van der Waals surface area contributed by atoms with E-state index < -0.39 is 10.0 Å². The lowest BCUT2D eigenvalue weighted by atomic mass is 10.1. The van der Waals surface area contributed by atoms with E-state index in [4.69, 9.17) is 11.6 Å². The highest BCUT2D eigenvalue weighted by atomic mass is 35.5. The van der Waals surface area contributed by atoms with Gasteiger partial charge in [-0.15, -0.1) is 0 Å². The summed E-state index contributed by atoms with van der Waals surface area (Å²) in [5, 5.41) is -0.184. The quantitative estimate of drug-likeness (QED) is 0.935. The van der Waals surface area contributed by atoms with Crippen LogP contribution >= 0.6 is 11.6 Å². The van der Waals surface area contributed by atoms with Crippen molar-refractivity contribution in [2.24, 2.45) is 7.05 Å². The Morgan fingerprint density at radius 2 is 1.90 bits per heavy atom. The summed E-state index contributed by atoms with van der Waals surface area (Å²) in [7, 11) is -2.21. The Hall–Kier alpha value is -1.44. The van der Waals surface area contributed by atoms with Crippen molar-refractivity contribution >= 4 is 21.6 Å². The zero-order valence-corrected chi connectivity index (χ0v) is 13.4. The lowest BCUT2D eigenvalue weighted by molar-refractivity contribution is 0.577. The Labute approximate surface area is 127 Å². The van der Waals surface area contributed by atoms with Gasteiger partial charge in [-0.05, 0) is 30.5 Å². The molecule has 0 bridgehead atoms. The molecule has 0 saturated carbocycles. The summed E-state index contributed by atoms with van der Waals surface area (Å²) in [5.41, 5.74) is 1.61. The van der Waals surface area contributed by atoms with Crippen molar-refractivity contribution in [3.05, 3.63) is 46.1 Å². The van der Waals surface area contributed by atoms with Gasteiger partial charge in [-0.25, -0.2) is 22.5 Å². The van der Waals surface area contributed by atoms with Gasteiger partial charge in [0.15, 0.2) is 0 Å². The molecule has 1 aromatic carbocycles. The van der Waals surface area contributed by atoms with Gasteiger partial charge in [-0.1, -0.05) is 23.7 Å². The number of aromatic nitrogens is 2. The highest BCUT2D eigenvalue weighted by Crippen LogP contribution is 2.19. The van der Waals surface area contributed by atoms with E-state index in [1.165, 1.54) is 10.9 Å². The number of imidazole rings is 1. The van der Waals surface area contributed by atoms with Gasteiger partial charge in [0.2, 0.25) is 5.03 Å². The SMILES string of the molecule is Cc1cc(CNS(=O)(=O)c2ncn(C)c2Cl)cc(C)c1F. The molecule has 0 spiro atoms. The molecule has 2 rings (SSSR count). The highest BCUT2D eigenvalue weighted by molar-refractivity contribution is 7.89. The van der Waals surface area contributed by atoms with Crippen molar-refractivity contribution in [1.29, 1.82) is 0 Å². The predicted octanol–water partition coefficient (Wildman–Crippen LogP) is 2.31. The molecule has 1 heterocycles. The van der Waals surface area contributed by atoms with Crippen LogP contribution in [0.2, 0.25) is 5.15 Å². The second-order valence-corrected chi connectivity index (χ2v) is 6.86. The minimum atomic E-state index is -3.81. The van der Waals surface area contributed by atoms with Crippen molar-refractivity contribution < 1.29 is 12.8 Å². The maximum atomic E-state index is 13.5. The Morgan fingerprint density at radius 1 is 1.33 bits per heavy atom. The zero-order valence-electron chi connectivity index (χ0n) is 11.8. The van der Waals surface area contributed by atoms with Crippen LogP contribution in [0.3, 0.4) is 0 Å². The summed E-state index contributed by atoms with van der Waals surface area (Å²) >= 11 is 5.88. The zero-order chi connectivity index (χ0) is 15.8. The molecule has 1 aromatic heterocycles. The van der Waals surface area contributed by atoms with E-state index in [0.29, 0.717) is 16.7 Å². The molecule has 114 valence electrons. The first kappa shape index (κ1) is 15.9. The number of rotatable bonds is 4. The van der Waals surface area contributed by atoms with Gasteiger partial charge in [-0.3, -0.25) is 0 Å². The number of hydrogen-bond acceptors (Lipinski definition) is 3. The third kappa shape index (κ3) is 3.25. The molecule has 0 unspecified atom stereocenters. The smallest absolute Gasteiger partial charge is 0.261 e. The van der Waals surface area contributed by atoms with E-state index >= 15 is 0 Å². The first-order valence-electron chi connectivity index (χ1n) is 6.14. The lowest BCUT2D eigenvalue weighted by Crippen LogP contribution is -2.24. The largest absolute Gasteiger partial charge is 0.324 e. The highest BCUT2D eigenvalue weighted by Gasteiger charge is 2.22. The van der Waals surface area contributed by atoms with E-state index in [2.05, 4.69) is 9.71 Å². The maximum Gasteiger partial charge on any atom is 0.261 e. The fourth-order valence-corrected chi connectivity index (χ4v) is 3.40. The van der Waals surface area contributed by atoms with Crippen LogP contribution in [-0.2, 0) is 23.6 Å². The predicted molar refractivity (Wildman–Crippen MR) is 78.1 cm³/mol. The van der Waals surface area contributed by atoms with Crippen LogP contribution in [0.5, 0.6) is 0 Å². The number of nitrogens with zero attached hydrogens (tertiary/aromatic N) is 2. The average molecular weight is 332 g/mol. The number of hydrogen-bond donors (Lipinski definition) is 1. The topological polar surface area (TPSA) is 64.0 Å². The first-order chi connectivity index (χ1) is 9.72. The average Bonchev–Trinajstić information content (AvgIpc) is 2.74. The normalized spacial score (nSPS) is 11.9. The minimum Gasteiger partial charge on any atom is -0.324 e. The van der Waals surface area contributed by atoms with Crippen LogP contribution < -0.4 is 4.72 Å². The Bertz CT molecular complexity index is 764. The molecule has 1 N–H and O–H groups in total. The molecule has 0 atom stereocenters. The van der Waals surface area contributed by atoms with Crippen LogP contribution in [0.25, 0.3) is 0 Å². The fourth-order valence-electron chi connectivity index (χ4n) is 1.96. The third-order valence-corrected chi connectivity index (χ3v) is 4.94. The molecule has 5 nitrogen and oxygen atoms in total. The summed E-state index contributed by atoms with van der Waals surface area (Å²) in [6, 6.07) is 3.20. The molecule has 0 fully saturated rings. The molecule has 2 aromatic rings. The molecule has 8 heteroatoms. The standard InChI is InChI=1S/C13H15ClFN3O2S/c1-8-4-10(5-9(2)11(8)15)6-17-21(19,20)13-12(14)18(3)7-16-13/h4-5,7,17H,6H2,1-3H3. The van der Waals surface area contributed by atoms with Crippen molar-refractivity contribution in [3.8, 4) is 0 Å². The van der Waals surface area contributed by atoms with Gasteiger partial charge in [0.25, 0.3) is 10.0 Å². The second kappa shape index (κ2) is 5.75. The molecule has 21 heavy (non-hydrogen) atoms. The van der Waals surface area contributed by atoms with Crippen LogP contribution in [0, 0.1) is 19.7 Å². The van der Waals surface area contributed by atoms with E-state index in [-0.39, 0.29) is 22.5 Å². The number of aryl methyl sites for hydroxylation is 3. The Morgan fingerprint density at radius 3 is 2.38 bits per heavy atom. The van der Waals surface area contributed by atoms with Crippen LogP contribution in [0.4, 0.5) is 4.39 Å². The van der Waals surface area contributed by atoms with Gasteiger partial charge in [0.1, 0.15) is 11.0 Å². The molecule has 0 aliphatic carbocycles. The van der Waals surface area contributed by atoms with Crippen molar-refractivity contribution in [1.82, 2.24) is 14.3 Å². The molecular weight excluding hydrogens is 317 g/mol. The maximum absolute atomic E-state index is 13.5. The van der Waals surface area contributed by atoms with Gasteiger partial charge in [0, 0.05) is 13.6 Å². The molecule has 0 radical (unpaired) electrons. The Kier molecular flexibility index (Phi) is 4.36. The number of sulfonamides is 1. The molecule has 0 saturated heterocycles. The van der Waals surface area contributed by atoms with Crippen LogP contribution in [0.1, 0.15) is 16.7 Å². The third-order valence-electron chi connectivity index (χ3n) is 3.05. The minimum absolute atomic E-state index is 0.0361. The summed E-state index contributed by atoms with van der Waals surface area (Å²) in [5.74, 6) is -0.283. The van der Waals surface area contributed by atoms with E-state index in [9.17, 15) is 12.8 Å². The van der Waals surface area contributed by atoms with Crippen molar-refractivity contribution in [3.63, 3.8) is 0 Å². The van der Waals surface area contributed by atoms with Gasteiger partial charge < -0.3 is 4.57 Å². The summed E-state index contributed by atoms with van der Waals surface area (Å²) in [4.78, 5) is 3.77. The van der Waals surface area contributed by atoms with E-state index in [0.717, 1.165) is 0 Å². The van der Waals surface area contributed by atoms with Crippen molar-refractivity contribution in [2.45, 2.75) is 25.4 Å². The van der Waals surface area contributed by atoms with E-state index in [1.807, 2.05) is 0 Å². The Balaban J connectivity index is 2.21. The number of nitrogens with one attached hydrogen (secondary N) is 1. The monoisotopic (exact) mass is 331 g/mol. The fraction of sp³-hybridized carbons (Fsp3) is 0.308. The molecular formula is C13H15ClFN3O2S. The molecule has 0 amide bonds. The summed E-state index contributed by atoms with van der Waals surface area (Å²) < 4.78 is 41.6. The van der Waals surface area contributed by atoms with Crippen LogP contribution in [0.15, 0.2) is 23.5 Å². The van der Waals surface area contributed by atoms with E-state index in [1.54, 1.807) is 33.0 Å². The number of halogens is 2. The second-order valence-electron chi connectivity index (χ2n) is 4.82. The molecule has 0 aliphatic heterocycles. The van der Waals surface area contributed by atoms with Crippen LogP contribution in [-0.4, -0.2) is 18.0 Å². The van der Waals surface area contributed by atoms with Crippen molar-refractivity contribution in [2.75, 3.05) is 0 Å². The summed E-state index contributed by atoms with van der Waals surface area (Å²) in [6.45, 7) is 3.31. The summed E-state index contributed by atoms with van der Waals surface area (Å²) in [6.07, 6.45) is 1.32. The van der Waals surface area contributed by atoms with Gasteiger partial charge in [0.05, 0.1) is 6.33 Å². The van der Waals surface area contributed by atoms with Gasteiger partial charge in [-0.2, -0.15) is 0 Å². The lowest BCUT2D eigenvalue weighted by Gasteiger charge is -2.08. The molecule has 0 aliphatic rings. The number of benzene rings is 1. The first-order valence-corrected chi connectivity index (χ1v) is 8.00. The van der Waals surface area contributed by atoms with Gasteiger partial charge >= 0.3 is 0 Å².